The highest BCUT2D eigenvalue weighted by atomic mass is 32.1. The van der Waals surface area contributed by atoms with E-state index in [1.807, 2.05) is 6.07 Å². The normalized spacial score (nSPS) is 10.2. The van der Waals surface area contributed by atoms with Crippen LogP contribution >= 0.6 is 11.3 Å². The fourth-order valence-electron chi connectivity index (χ4n) is 1.51. The Hall–Kier alpha value is -1.97. The molecule has 0 spiro atoms. The van der Waals surface area contributed by atoms with Crippen LogP contribution < -0.4 is 10.2 Å². The Morgan fingerprint density at radius 3 is 2.94 bits per heavy atom. The van der Waals surface area contributed by atoms with E-state index in [0.717, 1.165) is 17.0 Å². The SMILES string of the molecule is N#Cc1ccc(F)c(CNCc2csc(=O)[nH]2)c1. The van der Waals surface area contributed by atoms with Gasteiger partial charge in [0.25, 0.3) is 0 Å². The van der Waals surface area contributed by atoms with E-state index in [9.17, 15) is 9.18 Å². The van der Waals surface area contributed by atoms with Gasteiger partial charge in [-0.3, -0.25) is 4.79 Å². The third kappa shape index (κ3) is 3.03. The smallest absolute Gasteiger partial charge is 0.304 e. The van der Waals surface area contributed by atoms with E-state index < -0.39 is 0 Å². The molecule has 0 bridgehead atoms. The molecule has 0 radical (unpaired) electrons. The lowest BCUT2D eigenvalue weighted by Gasteiger charge is -2.05. The number of thiazole rings is 1. The van der Waals surface area contributed by atoms with Gasteiger partial charge in [0, 0.05) is 29.7 Å². The number of rotatable bonds is 4. The standard InChI is InChI=1S/C12H10FN3OS/c13-11-2-1-8(4-14)3-9(11)5-15-6-10-7-18-12(17)16-10/h1-3,7,15H,5-6H2,(H,16,17). The molecule has 1 heterocycles. The number of benzene rings is 1. The van der Waals surface area contributed by atoms with Crippen molar-refractivity contribution in [1.29, 1.82) is 5.26 Å². The summed E-state index contributed by atoms with van der Waals surface area (Å²) in [7, 11) is 0. The summed E-state index contributed by atoms with van der Waals surface area (Å²) in [5.41, 5.74) is 1.63. The van der Waals surface area contributed by atoms with Gasteiger partial charge in [0.05, 0.1) is 11.6 Å². The Balaban J connectivity index is 1.98. The molecular formula is C12H10FN3OS. The molecular weight excluding hydrogens is 253 g/mol. The molecule has 2 N–H and O–H groups in total. The number of aromatic amines is 1. The summed E-state index contributed by atoms with van der Waals surface area (Å²) in [4.78, 5) is 13.4. The zero-order valence-corrected chi connectivity index (χ0v) is 10.2. The molecule has 0 aliphatic carbocycles. The first-order valence-corrected chi connectivity index (χ1v) is 6.13. The van der Waals surface area contributed by atoms with Crippen LogP contribution in [0.15, 0.2) is 28.4 Å². The average Bonchev–Trinajstić information content (AvgIpc) is 2.77. The van der Waals surface area contributed by atoms with Gasteiger partial charge in [0.1, 0.15) is 5.82 Å². The Labute approximate surface area is 107 Å². The third-order valence-corrected chi connectivity index (χ3v) is 3.10. The molecule has 92 valence electrons. The van der Waals surface area contributed by atoms with Crippen LogP contribution in [-0.4, -0.2) is 4.98 Å². The van der Waals surface area contributed by atoms with Crippen LogP contribution in [0, 0.1) is 17.1 Å². The predicted octanol–water partition coefficient (Wildman–Crippen LogP) is 1.74. The minimum Gasteiger partial charge on any atom is -0.315 e. The largest absolute Gasteiger partial charge is 0.315 e. The molecule has 0 saturated carbocycles. The van der Waals surface area contributed by atoms with Crippen molar-refractivity contribution in [1.82, 2.24) is 10.3 Å². The van der Waals surface area contributed by atoms with Crippen LogP contribution in [0.3, 0.4) is 0 Å². The summed E-state index contributed by atoms with van der Waals surface area (Å²) >= 11 is 1.09. The van der Waals surface area contributed by atoms with Gasteiger partial charge in [-0.15, -0.1) is 0 Å². The van der Waals surface area contributed by atoms with Crippen LogP contribution in [0.1, 0.15) is 16.8 Å². The number of nitrogens with zero attached hydrogens (tertiary/aromatic N) is 1. The molecule has 6 heteroatoms. The summed E-state index contributed by atoms with van der Waals surface area (Å²) in [6, 6.07) is 6.20. The fraction of sp³-hybridized carbons (Fsp3) is 0.167. The zero-order valence-electron chi connectivity index (χ0n) is 9.37. The fourth-order valence-corrected chi connectivity index (χ4v) is 2.09. The molecule has 1 aromatic carbocycles. The molecule has 2 aromatic rings. The van der Waals surface area contributed by atoms with Crippen molar-refractivity contribution >= 4 is 11.3 Å². The first kappa shape index (κ1) is 12.5. The summed E-state index contributed by atoms with van der Waals surface area (Å²) in [6.07, 6.45) is 0. The second-order valence-corrected chi connectivity index (χ2v) is 4.54. The van der Waals surface area contributed by atoms with Gasteiger partial charge in [-0.2, -0.15) is 5.26 Å². The number of H-pyrrole nitrogens is 1. The molecule has 0 atom stereocenters. The van der Waals surface area contributed by atoms with Gasteiger partial charge in [-0.25, -0.2) is 4.39 Å². The van der Waals surface area contributed by atoms with E-state index in [-0.39, 0.29) is 10.7 Å². The van der Waals surface area contributed by atoms with Crippen molar-refractivity contribution in [2.75, 3.05) is 0 Å². The van der Waals surface area contributed by atoms with Crippen molar-refractivity contribution in [3.8, 4) is 6.07 Å². The number of aromatic nitrogens is 1. The number of halogens is 1. The molecule has 0 fully saturated rings. The molecule has 18 heavy (non-hydrogen) atoms. The summed E-state index contributed by atoms with van der Waals surface area (Å²) in [5.74, 6) is -0.347. The maximum Gasteiger partial charge on any atom is 0.304 e. The molecule has 1 aromatic heterocycles. The van der Waals surface area contributed by atoms with Gasteiger partial charge in [-0.1, -0.05) is 11.3 Å². The second-order valence-electron chi connectivity index (χ2n) is 3.69. The third-order valence-electron chi connectivity index (χ3n) is 2.38. The Morgan fingerprint density at radius 2 is 2.28 bits per heavy atom. The highest BCUT2D eigenvalue weighted by Crippen LogP contribution is 2.10. The monoisotopic (exact) mass is 263 g/mol. The van der Waals surface area contributed by atoms with Gasteiger partial charge in [0.15, 0.2) is 0 Å². The summed E-state index contributed by atoms with van der Waals surface area (Å²) in [6.45, 7) is 0.758. The maximum atomic E-state index is 13.4. The zero-order chi connectivity index (χ0) is 13.0. The molecule has 0 aliphatic heterocycles. The quantitative estimate of drug-likeness (QED) is 0.882. The Bertz CT molecular complexity index is 641. The minimum absolute atomic E-state index is 0.107. The van der Waals surface area contributed by atoms with Crippen molar-refractivity contribution in [3.63, 3.8) is 0 Å². The number of hydrogen-bond acceptors (Lipinski definition) is 4. The van der Waals surface area contributed by atoms with E-state index in [2.05, 4.69) is 10.3 Å². The number of nitriles is 1. The van der Waals surface area contributed by atoms with Crippen molar-refractivity contribution in [3.05, 3.63) is 55.9 Å². The molecule has 0 aliphatic rings. The Morgan fingerprint density at radius 1 is 1.44 bits per heavy atom. The van der Waals surface area contributed by atoms with E-state index in [1.54, 1.807) is 5.38 Å². The lowest BCUT2D eigenvalue weighted by molar-refractivity contribution is 0.586. The van der Waals surface area contributed by atoms with Gasteiger partial charge < -0.3 is 10.3 Å². The lowest BCUT2D eigenvalue weighted by atomic mass is 10.1. The van der Waals surface area contributed by atoms with Crippen LogP contribution in [0.5, 0.6) is 0 Å². The van der Waals surface area contributed by atoms with Crippen LogP contribution in [-0.2, 0) is 13.1 Å². The lowest BCUT2D eigenvalue weighted by Crippen LogP contribution is -2.14. The number of nitrogens with one attached hydrogen (secondary N) is 2. The first-order chi connectivity index (χ1) is 8.69. The topological polar surface area (TPSA) is 68.7 Å². The van der Waals surface area contributed by atoms with Crippen LogP contribution in [0.4, 0.5) is 4.39 Å². The average molecular weight is 263 g/mol. The van der Waals surface area contributed by atoms with Crippen LogP contribution in [0.25, 0.3) is 0 Å². The van der Waals surface area contributed by atoms with Crippen molar-refractivity contribution in [2.24, 2.45) is 0 Å². The molecule has 2 rings (SSSR count). The van der Waals surface area contributed by atoms with E-state index >= 15 is 0 Å². The second kappa shape index (κ2) is 5.58. The van der Waals surface area contributed by atoms with Gasteiger partial charge >= 0.3 is 4.87 Å². The predicted molar refractivity (Wildman–Crippen MR) is 66.6 cm³/mol. The first-order valence-electron chi connectivity index (χ1n) is 5.25. The van der Waals surface area contributed by atoms with Crippen molar-refractivity contribution in [2.45, 2.75) is 13.1 Å². The van der Waals surface area contributed by atoms with E-state index in [0.29, 0.717) is 24.2 Å². The molecule has 4 nitrogen and oxygen atoms in total. The molecule has 0 unspecified atom stereocenters. The molecule has 0 amide bonds. The Kier molecular flexibility index (Phi) is 3.87. The van der Waals surface area contributed by atoms with Crippen molar-refractivity contribution < 1.29 is 4.39 Å². The summed E-state index contributed by atoms with van der Waals surface area (Å²) in [5, 5.41) is 13.5. The maximum absolute atomic E-state index is 13.4. The highest BCUT2D eigenvalue weighted by molar-refractivity contribution is 7.07. The summed E-state index contributed by atoms with van der Waals surface area (Å²) < 4.78 is 13.4. The van der Waals surface area contributed by atoms with E-state index in [4.69, 9.17) is 5.26 Å². The van der Waals surface area contributed by atoms with Gasteiger partial charge in [0.2, 0.25) is 0 Å². The molecule has 0 saturated heterocycles. The minimum atomic E-state index is -0.347. The van der Waals surface area contributed by atoms with Crippen LogP contribution in [0.2, 0.25) is 0 Å². The highest BCUT2D eigenvalue weighted by Gasteiger charge is 2.03. The van der Waals surface area contributed by atoms with E-state index in [1.165, 1.54) is 18.2 Å². The number of hydrogen-bond donors (Lipinski definition) is 2. The van der Waals surface area contributed by atoms with Gasteiger partial charge in [-0.05, 0) is 18.2 Å².